The summed E-state index contributed by atoms with van der Waals surface area (Å²) in [6, 6.07) is 0. The molecule has 0 saturated heterocycles. The van der Waals surface area contributed by atoms with Gasteiger partial charge in [-0.3, -0.25) is 0 Å². The average molecular weight is 106 g/mol. The van der Waals surface area contributed by atoms with Crippen LogP contribution in [0, 0.1) is 0 Å². The molecule has 0 fully saturated rings. The summed E-state index contributed by atoms with van der Waals surface area (Å²) in [5, 5.41) is 0. The molecule has 0 amide bonds. The van der Waals surface area contributed by atoms with Gasteiger partial charge in [-0.2, -0.15) is 0 Å². The highest BCUT2D eigenvalue weighted by Crippen LogP contribution is 1.78. The molecule has 0 atom stereocenters. The van der Waals surface area contributed by atoms with Gasteiger partial charge in [-0.05, 0) is 18.6 Å². The highest BCUT2D eigenvalue weighted by atomic mass is 13.6. The lowest BCUT2D eigenvalue weighted by Crippen LogP contribution is -1.47. The van der Waals surface area contributed by atoms with E-state index in [1.807, 2.05) is 12.2 Å². The molecule has 0 spiro atoms. The fraction of sp³-hybridized carbons (Fsp3) is 0.125. The second-order valence-electron chi connectivity index (χ2n) is 1.30. The molecular formula is C8H10. The maximum atomic E-state index is 3.55. The first kappa shape index (κ1) is 7.00. The Balaban J connectivity index is 3.46. The molecule has 0 radical (unpaired) electrons. The van der Waals surface area contributed by atoms with Crippen LogP contribution in [0.15, 0.2) is 43.2 Å². The van der Waals surface area contributed by atoms with Crippen molar-refractivity contribution < 1.29 is 0 Å². The summed E-state index contributed by atoms with van der Waals surface area (Å²) < 4.78 is 0. The largest absolute Gasteiger partial charge is 0.125 e. The van der Waals surface area contributed by atoms with Gasteiger partial charge in [-0.1, -0.05) is 18.7 Å². The Morgan fingerprint density at radius 1 is 1.38 bits per heavy atom. The van der Waals surface area contributed by atoms with Crippen molar-refractivity contribution in [2.24, 2.45) is 0 Å². The Bertz CT molecular complexity index is 123. The van der Waals surface area contributed by atoms with Gasteiger partial charge in [0.05, 0.1) is 0 Å². The van der Waals surface area contributed by atoms with Gasteiger partial charge in [0, 0.05) is 0 Å². The highest BCUT2D eigenvalue weighted by molar-refractivity contribution is 4.98. The van der Waals surface area contributed by atoms with E-state index in [0.717, 1.165) is 6.42 Å². The molecule has 0 N–H and O–H groups in total. The summed E-state index contributed by atoms with van der Waals surface area (Å²) in [5.41, 5.74) is 2.90. The fourth-order valence-corrected chi connectivity index (χ4v) is 0.287. The van der Waals surface area contributed by atoms with Crippen molar-refractivity contribution in [1.29, 1.82) is 0 Å². The van der Waals surface area contributed by atoms with E-state index in [1.54, 1.807) is 12.2 Å². The van der Waals surface area contributed by atoms with Crippen LogP contribution in [-0.2, 0) is 0 Å². The molecule has 0 aromatic carbocycles. The Hall–Kier alpha value is -1.00. The molecule has 0 aromatic rings. The Labute approximate surface area is 50.5 Å². The number of hydrogen-bond donors (Lipinski definition) is 0. The van der Waals surface area contributed by atoms with Crippen molar-refractivity contribution in [3.63, 3.8) is 0 Å². The van der Waals surface area contributed by atoms with Gasteiger partial charge in [0.25, 0.3) is 0 Å². The van der Waals surface area contributed by atoms with Crippen LogP contribution in [0.5, 0.6) is 0 Å². The van der Waals surface area contributed by atoms with E-state index in [0.29, 0.717) is 0 Å². The molecule has 0 rings (SSSR count). The molecule has 8 heavy (non-hydrogen) atoms. The minimum Gasteiger partial charge on any atom is -0.125 e. The zero-order chi connectivity index (χ0) is 6.24. The van der Waals surface area contributed by atoms with E-state index >= 15 is 0 Å². The smallest absolute Gasteiger partial charge is 0.00956 e. The predicted octanol–water partition coefficient (Wildman–Crippen LogP) is 2.46. The standard InChI is InChI=1S/C8H10/c1-3-5-7-8-6-4-2/h3-5,8H,1-2,6H2. The van der Waals surface area contributed by atoms with Gasteiger partial charge in [-0.25, -0.2) is 0 Å². The first-order valence-electron chi connectivity index (χ1n) is 2.54. The number of hydrogen-bond acceptors (Lipinski definition) is 0. The summed E-state index contributed by atoms with van der Waals surface area (Å²) in [4.78, 5) is 0. The first-order chi connectivity index (χ1) is 3.91. The van der Waals surface area contributed by atoms with Gasteiger partial charge in [-0.15, -0.1) is 12.3 Å². The Kier molecular flexibility index (Phi) is 5.25. The Morgan fingerprint density at radius 3 is 2.62 bits per heavy atom. The minimum absolute atomic E-state index is 0.879. The SMILES string of the molecule is C=CC=C=CCC=C. The molecule has 0 aliphatic carbocycles. The normalized spacial score (nSPS) is 6.50. The lowest BCUT2D eigenvalue weighted by molar-refractivity contribution is 1.42. The molecule has 0 heteroatoms. The van der Waals surface area contributed by atoms with Gasteiger partial charge in [0.15, 0.2) is 0 Å². The molecule has 0 heterocycles. The lowest BCUT2D eigenvalue weighted by Gasteiger charge is -1.68. The lowest BCUT2D eigenvalue weighted by atomic mass is 10.4. The van der Waals surface area contributed by atoms with E-state index in [-0.39, 0.29) is 0 Å². The molecule has 0 nitrogen and oxygen atoms in total. The maximum Gasteiger partial charge on any atom is -0.00956 e. The third kappa shape index (κ3) is 5.00. The van der Waals surface area contributed by atoms with Crippen LogP contribution in [0.3, 0.4) is 0 Å². The summed E-state index contributed by atoms with van der Waals surface area (Å²) >= 11 is 0. The van der Waals surface area contributed by atoms with Crippen molar-refractivity contribution in [3.05, 3.63) is 43.2 Å². The molecular weight excluding hydrogens is 96.1 g/mol. The fourth-order valence-electron chi connectivity index (χ4n) is 0.287. The summed E-state index contributed by atoms with van der Waals surface area (Å²) in [6.07, 6.45) is 8.06. The van der Waals surface area contributed by atoms with Crippen molar-refractivity contribution in [2.45, 2.75) is 6.42 Å². The quantitative estimate of drug-likeness (QED) is 0.294. The topological polar surface area (TPSA) is 0 Å². The highest BCUT2D eigenvalue weighted by Gasteiger charge is 1.58. The minimum atomic E-state index is 0.879. The third-order valence-corrected chi connectivity index (χ3v) is 0.616. The van der Waals surface area contributed by atoms with Crippen molar-refractivity contribution >= 4 is 0 Å². The van der Waals surface area contributed by atoms with E-state index in [2.05, 4.69) is 18.9 Å². The van der Waals surface area contributed by atoms with Gasteiger partial charge in [0.1, 0.15) is 0 Å². The molecule has 0 bridgehead atoms. The third-order valence-electron chi connectivity index (χ3n) is 0.616. The van der Waals surface area contributed by atoms with E-state index < -0.39 is 0 Å². The van der Waals surface area contributed by atoms with E-state index in [1.165, 1.54) is 0 Å². The van der Waals surface area contributed by atoms with Crippen LogP contribution in [-0.4, -0.2) is 0 Å². The van der Waals surface area contributed by atoms with Crippen molar-refractivity contribution in [3.8, 4) is 0 Å². The molecule has 0 aromatic heterocycles. The predicted molar refractivity (Wildman–Crippen MR) is 37.7 cm³/mol. The summed E-state index contributed by atoms with van der Waals surface area (Å²) in [7, 11) is 0. The van der Waals surface area contributed by atoms with Crippen LogP contribution in [0.1, 0.15) is 6.42 Å². The van der Waals surface area contributed by atoms with Crippen molar-refractivity contribution in [1.82, 2.24) is 0 Å². The second-order valence-corrected chi connectivity index (χ2v) is 1.30. The molecule has 0 unspecified atom stereocenters. The summed E-state index contributed by atoms with van der Waals surface area (Å²) in [5.74, 6) is 0. The molecule has 0 saturated carbocycles. The Morgan fingerprint density at radius 2 is 2.12 bits per heavy atom. The zero-order valence-electron chi connectivity index (χ0n) is 4.93. The van der Waals surface area contributed by atoms with Crippen LogP contribution in [0.4, 0.5) is 0 Å². The van der Waals surface area contributed by atoms with Crippen LogP contribution in [0.2, 0.25) is 0 Å². The molecule has 0 aliphatic rings. The van der Waals surface area contributed by atoms with Crippen LogP contribution < -0.4 is 0 Å². The second kappa shape index (κ2) is 6.00. The van der Waals surface area contributed by atoms with E-state index in [4.69, 9.17) is 0 Å². The van der Waals surface area contributed by atoms with Crippen molar-refractivity contribution in [2.75, 3.05) is 0 Å². The monoisotopic (exact) mass is 106 g/mol. The van der Waals surface area contributed by atoms with E-state index in [9.17, 15) is 0 Å². The molecule has 0 aliphatic heterocycles. The maximum absolute atomic E-state index is 3.55. The number of allylic oxidation sites excluding steroid dienone is 3. The summed E-state index contributed by atoms with van der Waals surface area (Å²) in [6.45, 7) is 7.04. The van der Waals surface area contributed by atoms with Crippen LogP contribution >= 0.6 is 0 Å². The van der Waals surface area contributed by atoms with Crippen LogP contribution in [0.25, 0.3) is 0 Å². The molecule has 42 valence electrons. The zero-order valence-corrected chi connectivity index (χ0v) is 4.93. The van der Waals surface area contributed by atoms with Gasteiger partial charge < -0.3 is 0 Å². The number of rotatable bonds is 3. The van der Waals surface area contributed by atoms with Gasteiger partial charge in [0.2, 0.25) is 0 Å². The average Bonchev–Trinajstić information content (AvgIpc) is 1.81. The first-order valence-corrected chi connectivity index (χ1v) is 2.54. The van der Waals surface area contributed by atoms with Gasteiger partial charge >= 0.3 is 0 Å².